The first kappa shape index (κ1) is 14.3. The van der Waals surface area contributed by atoms with Gasteiger partial charge in [-0.05, 0) is 25.8 Å². The molecule has 0 spiro atoms. The van der Waals surface area contributed by atoms with Crippen molar-refractivity contribution in [2.45, 2.75) is 18.9 Å². The summed E-state index contributed by atoms with van der Waals surface area (Å²) in [5.74, 6) is -0.406. The summed E-state index contributed by atoms with van der Waals surface area (Å²) in [6, 6.07) is 0.385. The fourth-order valence-corrected chi connectivity index (χ4v) is 2.57. The number of likely N-dealkylation sites (N-methyl/N-ethyl adjacent to an activating group) is 1. The molecule has 1 aliphatic heterocycles. The number of hydrogen-bond acceptors (Lipinski definition) is 6. The van der Waals surface area contributed by atoms with Crippen molar-refractivity contribution < 1.29 is 19.1 Å². The maximum absolute atomic E-state index is 10.9. The van der Waals surface area contributed by atoms with E-state index in [1.165, 1.54) is 19.1 Å². The minimum atomic E-state index is -1.06. The van der Waals surface area contributed by atoms with Gasteiger partial charge in [0, 0.05) is 26.2 Å². The van der Waals surface area contributed by atoms with Gasteiger partial charge in [-0.2, -0.15) is 4.98 Å². The maximum atomic E-state index is 10.9. The first-order valence-corrected chi connectivity index (χ1v) is 7.35. The van der Waals surface area contributed by atoms with Crippen molar-refractivity contribution in [2.75, 3.05) is 44.7 Å². The van der Waals surface area contributed by atoms with Gasteiger partial charge in [0.15, 0.2) is 5.69 Å². The SMILES string of the molecule is CN1CCOC(CN(CC2CC2)c2nc(C(=O)O)co2)C1. The van der Waals surface area contributed by atoms with E-state index in [1.807, 2.05) is 4.90 Å². The molecule has 7 heteroatoms. The molecular weight excluding hydrogens is 274 g/mol. The second-order valence-corrected chi connectivity index (χ2v) is 5.92. The van der Waals surface area contributed by atoms with Crippen LogP contribution in [0.4, 0.5) is 6.01 Å². The van der Waals surface area contributed by atoms with Crippen LogP contribution in [0.25, 0.3) is 0 Å². The molecule has 1 unspecified atom stereocenters. The van der Waals surface area contributed by atoms with Crippen molar-refractivity contribution in [1.29, 1.82) is 0 Å². The quantitative estimate of drug-likeness (QED) is 0.836. The van der Waals surface area contributed by atoms with Gasteiger partial charge in [-0.1, -0.05) is 0 Å². The molecule has 0 aromatic carbocycles. The van der Waals surface area contributed by atoms with Crippen molar-refractivity contribution in [2.24, 2.45) is 5.92 Å². The van der Waals surface area contributed by atoms with Gasteiger partial charge in [0.25, 0.3) is 6.01 Å². The molecule has 2 aliphatic rings. The second kappa shape index (κ2) is 6.03. The molecule has 0 amide bonds. The van der Waals surface area contributed by atoms with Gasteiger partial charge in [-0.25, -0.2) is 4.79 Å². The summed E-state index contributed by atoms with van der Waals surface area (Å²) in [7, 11) is 2.08. The molecule has 2 heterocycles. The Bertz CT molecular complexity index is 500. The van der Waals surface area contributed by atoms with Gasteiger partial charge >= 0.3 is 5.97 Å². The number of carboxylic acids is 1. The Morgan fingerprint density at radius 1 is 1.52 bits per heavy atom. The zero-order valence-electron chi connectivity index (χ0n) is 12.2. The van der Waals surface area contributed by atoms with E-state index in [9.17, 15) is 4.79 Å². The first-order chi connectivity index (χ1) is 10.1. The Labute approximate surface area is 123 Å². The minimum Gasteiger partial charge on any atom is -0.476 e. The third kappa shape index (κ3) is 3.74. The van der Waals surface area contributed by atoms with Gasteiger partial charge in [-0.15, -0.1) is 0 Å². The van der Waals surface area contributed by atoms with Crippen LogP contribution in [-0.2, 0) is 4.74 Å². The Balaban J connectivity index is 1.68. The number of nitrogens with zero attached hydrogens (tertiary/aromatic N) is 3. The lowest BCUT2D eigenvalue weighted by molar-refractivity contribution is -0.0152. The van der Waals surface area contributed by atoms with Crippen LogP contribution in [0, 0.1) is 5.92 Å². The number of rotatable bonds is 6. The molecule has 1 aliphatic carbocycles. The smallest absolute Gasteiger partial charge is 0.357 e. The zero-order chi connectivity index (χ0) is 14.8. The molecule has 1 aromatic rings. The van der Waals surface area contributed by atoms with Gasteiger partial charge in [0.05, 0.1) is 12.7 Å². The number of anilines is 1. The fourth-order valence-electron chi connectivity index (χ4n) is 2.57. The highest BCUT2D eigenvalue weighted by atomic mass is 16.5. The molecule has 7 nitrogen and oxygen atoms in total. The standard InChI is InChI=1S/C14H21N3O4/c1-16-4-5-20-11(7-16)8-17(6-10-2-3-10)14-15-12(9-21-14)13(18)19/h9-11H,2-8H2,1H3,(H,18,19). The van der Waals surface area contributed by atoms with Crippen molar-refractivity contribution >= 4 is 12.0 Å². The van der Waals surface area contributed by atoms with Crippen LogP contribution in [0.1, 0.15) is 23.3 Å². The van der Waals surface area contributed by atoms with E-state index in [-0.39, 0.29) is 11.8 Å². The topological polar surface area (TPSA) is 79.0 Å². The van der Waals surface area contributed by atoms with E-state index >= 15 is 0 Å². The predicted octanol–water partition coefficient (Wildman–Crippen LogP) is 0.920. The number of aromatic nitrogens is 1. The molecule has 1 N–H and O–H groups in total. The lowest BCUT2D eigenvalue weighted by Gasteiger charge is -2.33. The summed E-state index contributed by atoms with van der Waals surface area (Å²) in [5, 5.41) is 8.96. The van der Waals surface area contributed by atoms with Gasteiger partial charge in [-0.3, -0.25) is 0 Å². The van der Waals surface area contributed by atoms with Crippen LogP contribution in [-0.4, -0.2) is 66.9 Å². The van der Waals surface area contributed by atoms with Crippen LogP contribution >= 0.6 is 0 Å². The molecule has 116 valence electrons. The monoisotopic (exact) mass is 295 g/mol. The molecule has 1 atom stereocenters. The number of carboxylic acid groups (broad SMARTS) is 1. The average molecular weight is 295 g/mol. The fraction of sp³-hybridized carbons (Fsp3) is 0.714. The summed E-state index contributed by atoms with van der Waals surface area (Å²) >= 11 is 0. The third-order valence-corrected chi connectivity index (χ3v) is 3.92. The highest BCUT2D eigenvalue weighted by Gasteiger charge is 2.29. The minimum absolute atomic E-state index is 0.0486. The molecule has 2 fully saturated rings. The summed E-state index contributed by atoms with van der Waals surface area (Å²) in [6.45, 7) is 4.07. The number of oxazole rings is 1. The van der Waals surface area contributed by atoms with E-state index in [4.69, 9.17) is 14.3 Å². The normalized spacial score (nSPS) is 23.2. The van der Waals surface area contributed by atoms with Crippen LogP contribution < -0.4 is 4.90 Å². The van der Waals surface area contributed by atoms with E-state index in [2.05, 4.69) is 16.9 Å². The summed E-state index contributed by atoms with van der Waals surface area (Å²) in [6.07, 6.45) is 3.73. The zero-order valence-corrected chi connectivity index (χ0v) is 12.2. The predicted molar refractivity (Wildman–Crippen MR) is 75.6 cm³/mol. The number of morpholine rings is 1. The largest absolute Gasteiger partial charge is 0.476 e. The van der Waals surface area contributed by atoms with Gasteiger partial charge in [0.2, 0.25) is 0 Å². The highest BCUT2D eigenvalue weighted by Crippen LogP contribution is 2.31. The van der Waals surface area contributed by atoms with Gasteiger partial charge < -0.3 is 24.1 Å². The van der Waals surface area contributed by atoms with Crippen LogP contribution in [0.5, 0.6) is 0 Å². The second-order valence-electron chi connectivity index (χ2n) is 5.92. The van der Waals surface area contributed by atoms with Crippen molar-refractivity contribution in [3.05, 3.63) is 12.0 Å². The average Bonchev–Trinajstić information content (AvgIpc) is 3.11. The Morgan fingerprint density at radius 2 is 2.33 bits per heavy atom. The molecule has 0 radical (unpaired) electrons. The number of ether oxygens (including phenoxy) is 1. The molecule has 1 saturated heterocycles. The Kier molecular flexibility index (Phi) is 4.12. The van der Waals surface area contributed by atoms with Crippen molar-refractivity contribution in [3.8, 4) is 0 Å². The number of aromatic carboxylic acids is 1. The van der Waals surface area contributed by atoms with Crippen LogP contribution in [0.2, 0.25) is 0 Å². The number of hydrogen-bond donors (Lipinski definition) is 1. The molecule has 1 aromatic heterocycles. The Morgan fingerprint density at radius 3 is 2.95 bits per heavy atom. The van der Waals surface area contributed by atoms with Crippen LogP contribution in [0.3, 0.4) is 0 Å². The summed E-state index contributed by atoms with van der Waals surface area (Å²) in [5.41, 5.74) is -0.0486. The maximum Gasteiger partial charge on any atom is 0.357 e. The first-order valence-electron chi connectivity index (χ1n) is 7.35. The van der Waals surface area contributed by atoms with Gasteiger partial charge in [0.1, 0.15) is 6.26 Å². The molecule has 0 bridgehead atoms. The molecule has 3 rings (SSSR count). The van der Waals surface area contributed by atoms with Crippen molar-refractivity contribution in [3.63, 3.8) is 0 Å². The lowest BCUT2D eigenvalue weighted by Crippen LogP contribution is -2.46. The van der Waals surface area contributed by atoms with Crippen molar-refractivity contribution in [1.82, 2.24) is 9.88 Å². The Hall–Kier alpha value is -1.60. The summed E-state index contributed by atoms with van der Waals surface area (Å²) < 4.78 is 11.1. The molecule has 1 saturated carbocycles. The third-order valence-electron chi connectivity index (χ3n) is 3.92. The number of carbonyl (C=O) groups is 1. The lowest BCUT2D eigenvalue weighted by atomic mass is 10.2. The van der Waals surface area contributed by atoms with E-state index in [0.717, 1.165) is 26.2 Å². The highest BCUT2D eigenvalue weighted by molar-refractivity contribution is 5.85. The van der Waals surface area contributed by atoms with Crippen LogP contribution in [0.15, 0.2) is 10.7 Å². The van der Waals surface area contributed by atoms with E-state index in [1.54, 1.807) is 0 Å². The molecule has 21 heavy (non-hydrogen) atoms. The molecular formula is C14H21N3O4. The van der Waals surface area contributed by atoms with E-state index in [0.29, 0.717) is 18.5 Å². The summed E-state index contributed by atoms with van der Waals surface area (Å²) in [4.78, 5) is 19.3. The van der Waals surface area contributed by atoms with E-state index < -0.39 is 5.97 Å².